The van der Waals surface area contributed by atoms with Crippen LogP contribution in [0.15, 0.2) is 65.6 Å². The maximum Gasteiger partial charge on any atom is 0.324 e. The van der Waals surface area contributed by atoms with Crippen LogP contribution in [0.1, 0.15) is 24.2 Å². The van der Waals surface area contributed by atoms with Crippen LogP contribution in [0.25, 0.3) is 0 Å². The highest BCUT2D eigenvalue weighted by Crippen LogP contribution is 2.12. The molecule has 0 unspecified atom stereocenters. The second kappa shape index (κ2) is 10.5. The molecule has 0 bridgehead atoms. The van der Waals surface area contributed by atoms with Gasteiger partial charge in [-0.15, -0.1) is 0 Å². The van der Waals surface area contributed by atoms with Crippen LogP contribution in [-0.4, -0.2) is 38.9 Å². The molecule has 0 radical (unpaired) electrons. The second-order valence-corrected chi connectivity index (χ2v) is 8.35. The third-order valence-corrected chi connectivity index (χ3v) is 5.41. The summed E-state index contributed by atoms with van der Waals surface area (Å²) in [5.41, 5.74) is 4.66. The van der Waals surface area contributed by atoms with Gasteiger partial charge in [0, 0.05) is 5.56 Å². The molecule has 3 N–H and O–H groups in total. The van der Waals surface area contributed by atoms with Gasteiger partial charge in [0.15, 0.2) is 6.61 Å². The van der Waals surface area contributed by atoms with Gasteiger partial charge in [-0.1, -0.05) is 50.2 Å². The standard InChI is InChI=1S/C20H23N3O6S/c1-14(2)18(23-30(27,28)16-11-7-4-8-12-16)20(26)29-13-17(24)21-22-19(25)15-9-5-3-6-10-15/h3-12,14,18,23H,13H2,1-2H3,(H,21,24)(H,22,25)/t18-/m1/s1. The Kier molecular flexibility index (Phi) is 8.07. The Labute approximate surface area is 174 Å². The molecule has 0 aliphatic heterocycles. The molecule has 0 aromatic heterocycles. The number of esters is 1. The fraction of sp³-hybridized carbons (Fsp3) is 0.250. The number of hydrazine groups is 1. The van der Waals surface area contributed by atoms with Crippen molar-refractivity contribution in [1.29, 1.82) is 0 Å². The van der Waals surface area contributed by atoms with Crippen LogP contribution in [-0.2, 0) is 24.3 Å². The van der Waals surface area contributed by atoms with Crippen LogP contribution < -0.4 is 15.6 Å². The lowest BCUT2D eigenvalue weighted by Gasteiger charge is -2.20. The molecule has 0 saturated heterocycles. The molecule has 0 fully saturated rings. The van der Waals surface area contributed by atoms with Gasteiger partial charge < -0.3 is 4.74 Å². The first-order valence-corrected chi connectivity index (χ1v) is 10.6. The van der Waals surface area contributed by atoms with Crippen LogP contribution in [0.2, 0.25) is 0 Å². The smallest absolute Gasteiger partial charge is 0.324 e. The van der Waals surface area contributed by atoms with E-state index in [1.807, 2.05) is 0 Å². The fourth-order valence-corrected chi connectivity index (χ4v) is 3.70. The molecule has 0 aliphatic rings. The maximum atomic E-state index is 12.5. The minimum Gasteiger partial charge on any atom is -0.454 e. The normalized spacial score (nSPS) is 12.1. The summed E-state index contributed by atoms with van der Waals surface area (Å²) in [5.74, 6) is -2.65. The summed E-state index contributed by atoms with van der Waals surface area (Å²) in [6.45, 7) is 2.59. The van der Waals surface area contributed by atoms with E-state index in [0.29, 0.717) is 5.56 Å². The van der Waals surface area contributed by atoms with Crippen molar-refractivity contribution in [2.45, 2.75) is 24.8 Å². The third kappa shape index (κ3) is 6.68. The summed E-state index contributed by atoms with van der Waals surface area (Å²) < 4.78 is 32.1. The van der Waals surface area contributed by atoms with Crippen molar-refractivity contribution < 1.29 is 27.5 Å². The van der Waals surface area contributed by atoms with Gasteiger partial charge >= 0.3 is 5.97 Å². The number of benzene rings is 2. The van der Waals surface area contributed by atoms with Crippen molar-refractivity contribution in [3.8, 4) is 0 Å². The van der Waals surface area contributed by atoms with Crippen LogP contribution in [0, 0.1) is 5.92 Å². The fourth-order valence-electron chi connectivity index (χ4n) is 2.34. The first-order valence-electron chi connectivity index (χ1n) is 9.09. The van der Waals surface area contributed by atoms with E-state index >= 15 is 0 Å². The third-order valence-electron chi connectivity index (χ3n) is 3.95. The Morgan fingerprint density at radius 2 is 1.47 bits per heavy atom. The van der Waals surface area contributed by atoms with Gasteiger partial charge in [0.2, 0.25) is 10.0 Å². The van der Waals surface area contributed by atoms with Gasteiger partial charge in [0.05, 0.1) is 4.90 Å². The zero-order valence-electron chi connectivity index (χ0n) is 16.5. The molecule has 2 aromatic carbocycles. The van der Waals surface area contributed by atoms with Crippen molar-refractivity contribution in [2.24, 2.45) is 5.92 Å². The summed E-state index contributed by atoms with van der Waals surface area (Å²) in [6.07, 6.45) is 0. The molecule has 10 heteroatoms. The zero-order valence-corrected chi connectivity index (χ0v) is 17.3. The number of hydrogen-bond acceptors (Lipinski definition) is 6. The quantitative estimate of drug-likeness (QED) is 0.420. The number of ether oxygens (including phenoxy) is 1. The lowest BCUT2D eigenvalue weighted by atomic mass is 10.1. The SMILES string of the molecule is CC(C)[C@@H](NS(=O)(=O)c1ccccc1)C(=O)OCC(=O)NNC(=O)c1ccccc1. The van der Waals surface area contributed by atoms with Gasteiger partial charge in [-0.2, -0.15) is 4.72 Å². The number of carbonyl (C=O) groups is 3. The van der Waals surface area contributed by atoms with E-state index < -0.39 is 46.4 Å². The van der Waals surface area contributed by atoms with E-state index in [1.54, 1.807) is 62.4 Å². The number of hydrogen-bond donors (Lipinski definition) is 3. The molecule has 0 saturated carbocycles. The predicted octanol–water partition coefficient (Wildman–Crippen LogP) is 0.994. The minimum atomic E-state index is -3.95. The molecule has 2 rings (SSSR count). The molecule has 0 heterocycles. The highest BCUT2D eigenvalue weighted by atomic mass is 32.2. The molecule has 1 atom stereocenters. The van der Waals surface area contributed by atoms with E-state index in [4.69, 9.17) is 4.74 Å². The van der Waals surface area contributed by atoms with Gasteiger partial charge in [0.25, 0.3) is 11.8 Å². The molecule has 160 valence electrons. The number of sulfonamides is 1. The lowest BCUT2D eigenvalue weighted by molar-refractivity contribution is -0.151. The minimum absolute atomic E-state index is 0.00446. The number of carbonyl (C=O) groups excluding carboxylic acids is 3. The summed E-state index contributed by atoms with van der Waals surface area (Å²) in [4.78, 5) is 36.1. The van der Waals surface area contributed by atoms with Gasteiger partial charge in [0.1, 0.15) is 6.04 Å². The highest BCUT2D eigenvalue weighted by molar-refractivity contribution is 7.89. The van der Waals surface area contributed by atoms with E-state index in [-0.39, 0.29) is 4.90 Å². The molecule has 30 heavy (non-hydrogen) atoms. The van der Waals surface area contributed by atoms with E-state index in [0.717, 1.165) is 0 Å². The lowest BCUT2D eigenvalue weighted by Crippen LogP contribution is -2.47. The van der Waals surface area contributed by atoms with Crippen molar-refractivity contribution in [3.05, 3.63) is 66.2 Å². The van der Waals surface area contributed by atoms with Crippen LogP contribution >= 0.6 is 0 Å². The predicted molar refractivity (Wildman–Crippen MR) is 108 cm³/mol. The topological polar surface area (TPSA) is 131 Å². The summed E-state index contributed by atoms with van der Waals surface area (Å²) in [5, 5.41) is 0. The van der Waals surface area contributed by atoms with Crippen LogP contribution in [0.3, 0.4) is 0 Å². The molecule has 2 amide bonds. The molecule has 2 aromatic rings. The van der Waals surface area contributed by atoms with Crippen LogP contribution in [0.5, 0.6) is 0 Å². The van der Waals surface area contributed by atoms with E-state index in [2.05, 4.69) is 15.6 Å². The van der Waals surface area contributed by atoms with Gasteiger partial charge in [-0.05, 0) is 30.2 Å². The van der Waals surface area contributed by atoms with E-state index in [9.17, 15) is 22.8 Å². The average molecular weight is 433 g/mol. The molecular weight excluding hydrogens is 410 g/mol. The summed E-state index contributed by atoms with van der Waals surface area (Å²) >= 11 is 0. The first kappa shape index (κ1) is 23.0. The average Bonchev–Trinajstić information content (AvgIpc) is 2.75. The van der Waals surface area contributed by atoms with E-state index in [1.165, 1.54) is 12.1 Å². The number of nitrogens with one attached hydrogen (secondary N) is 3. The first-order chi connectivity index (χ1) is 14.2. The van der Waals surface area contributed by atoms with Gasteiger partial charge in [-0.25, -0.2) is 8.42 Å². The zero-order chi connectivity index (χ0) is 22.1. The van der Waals surface area contributed by atoms with Gasteiger partial charge in [-0.3, -0.25) is 25.2 Å². The maximum absolute atomic E-state index is 12.5. The Morgan fingerprint density at radius 3 is 2.03 bits per heavy atom. The Hall–Kier alpha value is -3.24. The van der Waals surface area contributed by atoms with Crippen molar-refractivity contribution in [1.82, 2.24) is 15.6 Å². The second-order valence-electron chi connectivity index (χ2n) is 6.63. The monoisotopic (exact) mass is 433 g/mol. The Balaban J connectivity index is 1.89. The Morgan fingerprint density at radius 1 is 0.900 bits per heavy atom. The Bertz CT molecular complexity index is 978. The van der Waals surface area contributed by atoms with Crippen LogP contribution in [0.4, 0.5) is 0 Å². The summed E-state index contributed by atoms with van der Waals surface area (Å²) in [6, 6.07) is 14.6. The summed E-state index contributed by atoms with van der Waals surface area (Å²) in [7, 11) is -3.95. The molecular formula is C20H23N3O6S. The largest absolute Gasteiger partial charge is 0.454 e. The number of rotatable bonds is 8. The van der Waals surface area contributed by atoms with Crippen molar-refractivity contribution >= 4 is 27.8 Å². The van der Waals surface area contributed by atoms with Crippen molar-refractivity contribution in [2.75, 3.05) is 6.61 Å². The highest BCUT2D eigenvalue weighted by Gasteiger charge is 2.30. The number of amides is 2. The van der Waals surface area contributed by atoms with Crippen molar-refractivity contribution in [3.63, 3.8) is 0 Å². The molecule has 9 nitrogen and oxygen atoms in total. The molecule has 0 spiro atoms. The molecule has 0 aliphatic carbocycles.